The van der Waals surface area contributed by atoms with Crippen LogP contribution in [0.1, 0.15) is 50.8 Å². The molecule has 12 heteroatoms. The summed E-state index contributed by atoms with van der Waals surface area (Å²) in [6.07, 6.45) is 12.8. The van der Waals surface area contributed by atoms with Crippen molar-refractivity contribution in [3.05, 3.63) is 60.7 Å². The van der Waals surface area contributed by atoms with Crippen LogP contribution in [0.25, 0.3) is 33.6 Å². The van der Waals surface area contributed by atoms with Crippen LogP contribution in [0.4, 0.5) is 23.0 Å². The summed E-state index contributed by atoms with van der Waals surface area (Å²) in [7, 11) is 1.66. The van der Waals surface area contributed by atoms with Crippen molar-refractivity contribution in [3.8, 4) is 28.4 Å². The van der Waals surface area contributed by atoms with E-state index in [-0.39, 0.29) is 12.6 Å². The lowest BCUT2D eigenvalue weighted by molar-refractivity contribution is -0.107. The van der Waals surface area contributed by atoms with Crippen molar-refractivity contribution in [1.82, 2.24) is 24.8 Å². The van der Waals surface area contributed by atoms with E-state index < -0.39 is 0 Å². The van der Waals surface area contributed by atoms with Gasteiger partial charge in [-0.15, -0.1) is 0 Å². The highest BCUT2D eigenvalue weighted by molar-refractivity contribution is 5.90. The smallest absolute Gasteiger partial charge is 0.227 e. The first kappa shape index (κ1) is 32.3. The number of amides is 1. The highest BCUT2D eigenvalue weighted by Gasteiger charge is 2.34. The fourth-order valence-electron chi connectivity index (χ4n) is 7.54. The first-order valence-corrected chi connectivity index (χ1v) is 17.8. The second-order valence-corrected chi connectivity index (χ2v) is 13.5. The van der Waals surface area contributed by atoms with E-state index >= 15 is 0 Å². The Morgan fingerprint density at radius 2 is 1.90 bits per heavy atom. The second-order valence-electron chi connectivity index (χ2n) is 13.5. The maximum Gasteiger partial charge on any atom is 0.227 e. The van der Waals surface area contributed by atoms with Crippen molar-refractivity contribution in [2.75, 3.05) is 55.0 Å². The SMILES string of the molecule is COc1cc(N2CCN(C3CCCC3)CC2)c(N(C=O)C2CC2)cc1Nc1nccc(-c2[nH]c(CCCO)nc2-c2ccc3ccoc3c2)n1. The van der Waals surface area contributed by atoms with E-state index in [0.29, 0.717) is 42.0 Å². The maximum atomic E-state index is 12.5. The van der Waals surface area contributed by atoms with Gasteiger partial charge in [0.1, 0.15) is 17.2 Å². The molecule has 0 radical (unpaired) electrons. The number of nitrogens with zero attached hydrogens (tertiary/aromatic N) is 6. The summed E-state index contributed by atoms with van der Waals surface area (Å²) in [6, 6.07) is 14.8. The minimum atomic E-state index is 0.0762. The Kier molecular flexibility index (Phi) is 9.12. The summed E-state index contributed by atoms with van der Waals surface area (Å²) in [5.74, 6) is 1.79. The van der Waals surface area contributed by atoms with Gasteiger partial charge in [0.15, 0.2) is 0 Å². The number of benzene rings is 2. The van der Waals surface area contributed by atoms with Gasteiger partial charge in [-0.1, -0.05) is 25.0 Å². The summed E-state index contributed by atoms with van der Waals surface area (Å²) in [5.41, 5.74) is 6.37. The number of H-pyrrole nitrogens is 1. The van der Waals surface area contributed by atoms with Gasteiger partial charge in [-0.25, -0.2) is 15.0 Å². The lowest BCUT2D eigenvalue weighted by Gasteiger charge is -2.40. The Hall–Kier alpha value is -4.94. The van der Waals surface area contributed by atoms with Gasteiger partial charge in [-0.3, -0.25) is 9.69 Å². The number of carbonyl (C=O) groups excluding carboxylic acids is 1. The largest absolute Gasteiger partial charge is 0.494 e. The molecule has 2 aliphatic carbocycles. The molecule has 3 N–H and O–H groups in total. The zero-order valence-electron chi connectivity index (χ0n) is 28.5. The van der Waals surface area contributed by atoms with Crippen molar-refractivity contribution in [2.45, 2.75) is 63.5 Å². The molecule has 12 nitrogen and oxygen atoms in total. The summed E-state index contributed by atoms with van der Waals surface area (Å²) < 4.78 is 11.6. The van der Waals surface area contributed by atoms with Crippen molar-refractivity contribution in [2.24, 2.45) is 0 Å². The molecular weight excluding hydrogens is 632 g/mol. The number of aromatic nitrogens is 4. The molecule has 3 aromatic heterocycles. The quantitative estimate of drug-likeness (QED) is 0.125. The van der Waals surface area contributed by atoms with E-state index in [1.807, 2.05) is 41.3 Å². The monoisotopic (exact) mass is 676 g/mol. The number of ether oxygens (including phenoxy) is 1. The topological polar surface area (TPSA) is 136 Å². The number of fused-ring (bicyclic) bond motifs is 1. The predicted octanol–water partition coefficient (Wildman–Crippen LogP) is 6.15. The molecule has 3 aliphatic rings. The molecule has 4 heterocycles. The minimum Gasteiger partial charge on any atom is -0.494 e. The Balaban J connectivity index is 1.11. The number of hydrogen-bond donors (Lipinski definition) is 3. The van der Waals surface area contributed by atoms with Gasteiger partial charge in [-0.05, 0) is 56.4 Å². The van der Waals surface area contributed by atoms with Crippen LogP contribution >= 0.6 is 0 Å². The molecule has 2 saturated carbocycles. The number of imidazole rings is 1. The summed E-state index contributed by atoms with van der Waals surface area (Å²) >= 11 is 0. The zero-order valence-corrected chi connectivity index (χ0v) is 28.5. The molecule has 0 atom stereocenters. The van der Waals surface area contributed by atoms with Crippen LogP contribution in [0.3, 0.4) is 0 Å². The normalized spacial score (nSPS) is 17.0. The Labute approximate surface area is 291 Å². The Bertz CT molecular complexity index is 1960. The first-order valence-electron chi connectivity index (χ1n) is 17.8. The van der Waals surface area contributed by atoms with Crippen LogP contribution in [-0.2, 0) is 11.2 Å². The number of aliphatic hydroxyl groups is 1. The first-order chi connectivity index (χ1) is 24.6. The van der Waals surface area contributed by atoms with Crippen molar-refractivity contribution >= 4 is 40.4 Å². The molecule has 0 bridgehead atoms. The lowest BCUT2D eigenvalue weighted by Crippen LogP contribution is -2.50. The molecule has 1 amide bonds. The van der Waals surface area contributed by atoms with Crippen molar-refractivity contribution < 1.29 is 19.1 Å². The van der Waals surface area contributed by atoms with Crippen LogP contribution in [0, 0.1) is 0 Å². The molecule has 1 saturated heterocycles. The van der Waals surface area contributed by atoms with E-state index in [1.54, 1.807) is 19.6 Å². The molecule has 0 spiro atoms. The highest BCUT2D eigenvalue weighted by atomic mass is 16.5. The van der Waals surface area contributed by atoms with Crippen molar-refractivity contribution in [3.63, 3.8) is 0 Å². The van der Waals surface area contributed by atoms with Crippen LogP contribution in [0.2, 0.25) is 0 Å². The molecule has 2 aromatic carbocycles. The number of aliphatic hydroxyl groups excluding tert-OH is 1. The van der Waals surface area contributed by atoms with E-state index in [0.717, 1.165) is 90.6 Å². The third kappa shape index (κ3) is 6.52. The van der Waals surface area contributed by atoms with E-state index in [9.17, 15) is 9.90 Å². The molecule has 50 heavy (non-hydrogen) atoms. The van der Waals surface area contributed by atoms with Gasteiger partial charge >= 0.3 is 0 Å². The minimum absolute atomic E-state index is 0.0762. The fraction of sp³-hybridized carbons (Fsp3) is 0.421. The third-order valence-corrected chi connectivity index (χ3v) is 10.3. The number of anilines is 4. The fourth-order valence-corrected chi connectivity index (χ4v) is 7.54. The third-order valence-electron chi connectivity index (χ3n) is 10.3. The molecular formula is C38H44N8O4. The molecule has 260 valence electrons. The number of furan rings is 1. The molecule has 8 rings (SSSR count). The van der Waals surface area contributed by atoms with E-state index in [2.05, 4.69) is 31.2 Å². The van der Waals surface area contributed by atoms with Gasteiger partial charge < -0.3 is 34.4 Å². The number of rotatable bonds is 13. The van der Waals surface area contributed by atoms with Crippen LogP contribution in [0.5, 0.6) is 5.75 Å². The number of hydrogen-bond acceptors (Lipinski definition) is 10. The molecule has 3 fully saturated rings. The molecule has 0 unspecified atom stereocenters. The maximum absolute atomic E-state index is 12.5. The highest BCUT2D eigenvalue weighted by Crippen LogP contribution is 2.44. The van der Waals surface area contributed by atoms with E-state index in [4.69, 9.17) is 19.1 Å². The van der Waals surface area contributed by atoms with Crippen LogP contribution < -0.4 is 19.9 Å². The molecule has 5 aromatic rings. The standard InChI is InChI=1S/C38H44N8O4/c1-49-34-23-31(45-17-15-44(16-18-45)27-5-2-3-6-27)32(46(24-48)28-10-11-28)22-30(34)41-38-39-14-12-29(40-38)37-36(42-35(43-37)7-4-19-47)26-9-8-25-13-20-50-33(25)21-26/h8-9,12-14,20-24,27-28,47H,2-7,10-11,15-19H2,1H3,(H,42,43)(H,39,40,41). The number of aromatic amines is 1. The predicted molar refractivity (Wildman–Crippen MR) is 194 cm³/mol. The van der Waals surface area contributed by atoms with Crippen LogP contribution in [0.15, 0.2) is 59.3 Å². The number of carbonyl (C=O) groups is 1. The van der Waals surface area contributed by atoms with Gasteiger partial charge in [0.2, 0.25) is 12.4 Å². The molecule has 1 aliphatic heterocycles. The summed E-state index contributed by atoms with van der Waals surface area (Å²) in [5, 5.41) is 13.9. The number of piperazine rings is 1. The summed E-state index contributed by atoms with van der Waals surface area (Å²) in [6.45, 7) is 3.92. The van der Waals surface area contributed by atoms with Gasteiger partial charge in [0, 0.05) is 74.5 Å². The van der Waals surface area contributed by atoms with Crippen molar-refractivity contribution in [1.29, 1.82) is 0 Å². The average Bonchev–Trinajstić information content (AvgIpc) is 3.50. The van der Waals surface area contributed by atoms with Crippen LogP contribution in [-0.4, -0.2) is 88.3 Å². The van der Waals surface area contributed by atoms with Gasteiger partial charge in [0.05, 0.1) is 47.5 Å². The Morgan fingerprint density at radius 3 is 2.66 bits per heavy atom. The zero-order chi connectivity index (χ0) is 34.0. The number of aryl methyl sites for hydroxylation is 1. The summed E-state index contributed by atoms with van der Waals surface area (Å²) in [4.78, 5) is 37.3. The Morgan fingerprint density at radius 1 is 1.06 bits per heavy atom. The lowest BCUT2D eigenvalue weighted by atomic mass is 10.1. The second kappa shape index (κ2) is 14.1. The number of methoxy groups -OCH3 is 1. The van der Waals surface area contributed by atoms with E-state index in [1.165, 1.54) is 25.7 Å². The number of nitrogens with one attached hydrogen (secondary N) is 2. The van der Waals surface area contributed by atoms with Gasteiger partial charge in [-0.2, -0.15) is 0 Å². The average molecular weight is 677 g/mol. The van der Waals surface area contributed by atoms with Gasteiger partial charge in [0.25, 0.3) is 0 Å².